The van der Waals surface area contributed by atoms with Gasteiger partial charge in [0.25, 0.3) is 11.5 Å². The van der Waals surface area contributed by atoms with E-state index in [9.17, 15) is 14.0 Å². The number of nitrogens with zero attached hydrogens (tertiary/aromatic N) is 2. The number of fused-ring (bicyclic) bond motifs is 1. The molecule has 0 bridgehead atoms. The SMILES string of the molecule is Cc1cc(C)cc(C(=O)Nc2cc(-n3c(C)nc4ccccc4c3=O)ccc2F)c1. The summed E-state index contributed by atoms with van der Waals surface area (Å²) >= 11 is 0. The van der Waals surface area contributed by atoms with Crippen LogP contribution < -0.4 is 10.9 Å². The Labute approximate surface area is 172 Å². The molecule has 4 rings (SSSR count). The summed E-state index contributed by atoms with van der Waals surface area (Å²) in [5, 5.41) is 3.08. The topological polar surface area (TPSA) is 64.0 Å². The van der Waals surface area contributed by atoms with E-state index in [1.807, 2.05) is 26.0 Å². The zero-order chi connectivity index (χ0) is 21.4. The first kappa shape index (κ1) is 19.5. The molecule has 30 heavy (non-hydrogen) atoms. The van der Waals surface area contributed by atoms with Gasteiger partial charge in [-0.05, 0) is 63.2 Å². The van der Waals surface area contributed by atoms with Crippen molar-refractivity contribution < 1.29 is 9.18 Å². The standard InChI is InChI=1S/C24H20FN3O2/c1-14-10-15(2)12-17(11-14)23(29)27-22-13-18(8-9-20(22)25)28-16(3)26-21-7-5-4-6-19(21)24(28)30/h4-13H,1-3H3,(H,27,29). The molecule has 1 aromatic heterocycles. The van der Waals surface area contributed by atoms with Crippen LogP contribution in [0.2, 0.25) is 0 Å². The van der Waals surface area contributed by atoms with Crippen molar-refractivity contribution in [1.29, 1.82) is 0 Å². The average molecular weight is 401 g/mol. The monoisotopic (exact) mass is 401 g/mol. The summed E-state index contributed by atoms with van der Waals surface area (Å²) in [6.45, 7) is 5.50. The lowest BCUT2D eigenvalue weighted by atomic mass is 10.1. The summed E-state index contributed by atoms with van der Waals surface area (Å²) in [7, 11) is 0. The molecule has 0 fully saturated rings. The molecule has 0 aliphatic rings. The van der Waals surface area contributed by atoms with Gasteiger partial charge in [0.2, 0.25) is 0 Å². The van der Waals surface area contributed by atoms with Crippen molar-refractivity contribution in [2.75, 3.05) is 5.32 Å². The highest BCUT2D eigenvalue weighted by molar-refractivity contribution is 6.04. The van der Waals surface area contributed by atoms with Crippen LogP contribution in [0, 0.1) is 26.6 Å². The zero-order valence-corrected chi connectivity index (χ0v) is 16.9. The molecule has 0 atom stereocenters. The first-order valence-electron chi connectivity index (χ1n) is 9.51. The fourth-order valence-corrected chi connectivity index (χ4v) is 3.60. The van der Waals surface area contributed by atoms with Crippen molar-refractivity contribution in [3.8, 4) is 5.69 Å². The largest absolute Gasteiger partial charge is 0.319 e. The van der Waals surface area contributed by atoms with Crippen LogP contribution in [0.25, 0.3) is 16.6 Å². The highest BCUT2D eigenvalue weighted by atomic mass is 19.1. The van der Waals surface area contributed by atoms with Crippen molar-refractivity contribution in [3.63, 3.8) is 0 Å². The fourth-order valence-electron chi connectivity index (χ4n) is 3.60. The van der Waals surface area contributed by atoms with Gasteiger partial charge in [-0.1, -0.05) is 29.3 Å². The third kappa shape index (κ3) is 3.59. The maximum Gasteiger partial charge on any atom is 0.265 e. The number of amides is 1. The highest BCUT2D eigenvalue weighted by Crippen LogP contribution is 2.21. The molecule has 5 nitrogen and oxygen atoms in total. The molecule has 0 radical (unpaired) electrons. The number of aryl methyl sites for hydroxylation is 3. The van der Waals surface area contributed by atoms with Crippen molar-refractivity contribution >= 4 is 22.5 Å². The predicted molar refractivity (Wildman–Crippen MR) is 116 cm³/mol. The molecule has 150 valence electrons. The number of nitrogens with one attached hydrogen (secondary N) is 1. The van der Waals surface area contributed by atoms with E-state index >= 15 is 0 Å². The lowest BCUT2D eigenvalue weighted by Gasteiger charge is -2.13. The Morgan fingerprint density at radius 3 is 2.40 bits per heavy atom. The lowest BCUT2D eigenvalue weighted by Crippen LogP contribution is -2.22. The number of carbonyl (C=O) groups is 1. The van der Waals surface area contributed by atoms with Crippen LogP contribution in [0.3, 0.4) is 0 Å². The second-order valence-corrected chi connectivity index (χ2v) is 7.31. The molecule has 0 saturated carbocycles. The lowest BCUT2D eigenvalue weighted by molar-refractivity contribution is 0.102. The molecule has 1 amide bonds. The molecule has 6 heteroatoms. The first-order valence-corrected chi connectivity index (χ1v) is 9.51. The van der Waals surface area contributed by atoms with Crippen molar-refractivity contribution in [2.24, 2.45) is 0 Å². The molecule has 3 aromatic carbocycles. The number of anilines is 1. The Morgan fingerprint density at radius 1 is 0.967 bits per heavy atom. The molecule has 1 N–H and O–H groups in total. The molecule has 1 heterocycles. The minimum atomic E-state index is -0.587. The first-order chi connectivity index (χ1) is 14.3. The summed E-state index contributed by atoms with van der Waals surface area (Å²) in [5.41, 5.74) is 3.09. The maximum atomic E-state index is 14.5. The summed E-state index contributed by atoms with van der Waals surface area (Å²) in [5.74, 6) is -0.536. The second kappa shape index (κ2) is 7.55. The zero-order valence-electron chi connectivity index (χ0n) is 16.9. The van der Waals surface area contributed by atoms with E-state index in [-0.39, 0.29) is 11.2 Å². The van der Waals surface area contributed by atoms with E-state index in [0.29, 0.717) is 28.0 Å². The normalized spacial score (nSPS) is 10.9. The van der Waals surface area contributed by atoms with Gasteiger partial charge in [0.1, 0.15) is 11.6 Å². The number of rotatable bonds is 3. The molecule has 0 unspecified atom stereocenters. The molecule has 4 aromatic rings. The molecule has 0 aliphatic heterocycles. The van der Waals surface area contributed by atoms with E-state index in [0.717, 1.165) is 11.1 Å². The van der Waals surface area contributed by atoms with Crippen LogP contribution in [0.5, 0.6) is 0 Å². The van der Waals surface area contributed by atoms with E-state index in [4.69, 9.17) is 0 Å². The van der Waals surface area contributed by atoms with E-state index in [1.54, 1.807) is 37.3 Å². The van der Waals surface area contributed by atoms with Gasteiger partial charge < -0.3 is 5.32 Å². The van der Waals surface area contributed by atoms with Crippen molar-refractivity contribution in [3.05, 3.63) is 99.3 Å². The van der Waals surface area contributed by atoms with Crippen molar-refractivity contribution in [1.82, 2.24) is 9.55 Å². The molecule has 0 spiro atoms. The Bertz CT molecular complexity index is 1340. The Morgan fingerprint density at radius 2 is 1.67 bits per heavy atom. The van der Waals surface area contributed by atoms with E-state index < -0.39 is 11.7 Å². The number of hydrogen-bond acceptors (Lipinski definition) is 3. The Hall–Kier alpha value is -3.80. The number of para-hydroxylation sites is 1. The fraction of sp³-hybridized carbons (Fsp3) is 0.125. The number of aromatic nitrogens is 2. The average Bonchev–Trinajstić information content (AvgIpc) is 2.69. The smallest absolute Gasteiger partial charge is 0.265 e. The number of hydrogen-bond donors (Lipinski definition) is 1. The molecule has 0 saturated heterocycles. The van der Waals surface area contributed by atoms with E-state index in [2.05, 4.69) is 10.3 Å². The second-order valence-electron chi connectivity index (χ2n) is 7.31. The number of carbonyl (C=O) groups excluding carboxylic acids is 1. The molecule has 0 aliphatic carbocycles. The number of halogens is 1. The summed E-state index contributed by atoms with van der Waals surface area (Å²) in [6.07, 6.45) is 0. The van der Waals surface area contributed by atoms with Crippen LogP contribution >= 0.6 is 0 Å². The van der Waals surface area contributed by atoms with Crippen LogP contribution in [-0.4, -0.2) is 15.5 Å². The van der Waals surface area contributed by atoms with E-state index in [1.165, 1.54) is 22.8 Å². The van der Waals surface area contributed by atoms with Crippen LogP contribution in [0.1, 0.15) is 27.3 Å². The third-order valence-electron chi connectivity index (χ3n) is 4.88. The minimum absolute atomic E-state index is 0.00359. The van der Waals surface area contributed by atoms with Gasteiger partial charge >= 0.3 is 0 Å². The summed E-state index contributed by atoms with van der Waals surface area (Å²) in [6, 6.07) is 16.7. The Kier molecular flexibility index (Phi) is 4.91. The van der Waals surface area contributed by atoms with Crippen LogP contribution in [0.4, 0.5) is 10.1 Å². The predicted octanol–water partition coefficient (Wildman–Crippen LogP) is 4.70. The van der Waals surface area contributed by atoms with Crippen molar-refractivity contribution in [2.45, 2.75) is 20.8 Å². The number of benzene rings is 3. The van der Waals surface area contributed by atoms with Gasteiger partial charge in [0, 0.05) is 5.56 Å². The maximum absolute atomic E-state index is 14.5. The quantitative estimate of drug-likeness (QED) is 0.541. The highest BCUT2D eigenvalue weighted by Gasteiger charge is 2.14. The van der Waals surface area contributed by atoms with Gasteiger partial charge in [0.05, 0.1) is 22.3 Å². The van der Waals surface area contributed by atoms with Gasteiger partial charge in [-0.2, -0.15) is 0 Å². The van der Waals surface area contributed by atoms with Gasteiger partial charge in [0.15, 0.2) is 0 Å². The molecular formula is C24H20FN3O2. The van der Waals surface area contributed by atoms with Crippen LogP contribution in [0.15, 0.2) is 65.5 Å². The van der Waals surface area contributed by atoms with Gasteiger partial charge in [-0.15, -0.1) is 0 Å². The van der Waals surface area contributed by atoms with Crippen LogP contribution in [-0.2, 0) is 0 Å². The Balaban J connectivity index is 1.77. The molecular weight excluding hydrogens is 381 g/mol. The minimum Gasteiger partial charge on any atom is -0.319 e. The van der Waals surface area contributed by atoms with Gasteiger partial charge in [-0.25, -0.2) is 9.37 Å². The van der Waals surface area contributed by atoms with Gasteiger partial charge in [-0.3, -0.25) is 14.2 Å². The summed E-state index contributed by atoms with van der Waals surface area (Å²) < 4.78 is 15.9. The third-order valence-corrected chi connectivity index (χ3v) is 4.88. The summed E-state index contributed by atoms with van der Waals surface area (Å²) in [4.78, 5) is 30.1.